The molecule has 0 aromatic heterocycles. The van der Waals surface area contributed by atoms with Crippen LogP contribution in [-0.2, 0) is 4.79 Å². The SMILES string of the molecule is CCCCCNC(C[C@H]1CC2CCC1C2(C)C)C(=O)O. The molecule has 0 saturated heterocycles. The maximum absolute atomic E-state index is 11.5. The summed E-state index contributed by atoms with van der Waals surface area (Å²) in [4.78, 5) is 11.5. The Bertz CT molecular complexity index is 340. The molecule has 3 heteroatoms. The molecule has 4 atom stereocenters. The van der Waals surface area contributed by atoms with Crippen LogP contribution in [0.3, 0.4) is 0 Å². The summed E-state index contributed by atoms with van der Waals surface area (Å²) in [5.41, 5.74) is 0.440. The zero-order valence-electron chi connectivity index (χ0n) is 13.3. The van der Waals surface area contributed by atoms with Crippen molar-refractivity contribution < 1.29 is 9.90 Å². The van der Waals surface area contributed by atoms with E-state index >= 15 is 0 Å². The summed E-state index contributed by atoms with van der Waals surface area (Å²) in [7, 11) is 0. The first-order valence-corrected chi connectivity index (χ1v) is 8.43. The lowest BCUT2D eigenvalue weighted by Gasteiger charge is -2.28. The van der Waals surface area contributed by atoms with E-state index in [1.54, 1.807) is 0 Å². The van der Waals surface area contributed by atoms with E-state index in [9.17, 15) is 9.90 Å². The molecular weight excluding hydrogens is 250 g/mol. The normalized spacial score (nSPS) is 32.5. The Morgan fingerprint density at radius 2 is 2.10 bits per heavy atom. The highest BCUT2D eigenvalue weighted by Gasteiger charge is 2.53. The molecule has 20 heavy (non-hydrogen) atoms. The van der Waals surface area contributed by atoms with Crippen LogP contribution in [0.2, 0.25) is 0 Å². The Kier molecular flexibility index (Phi) is 5.11. The van der Waals surface area contributed by atoms with Crippen molar-refractivity contribution in [2.24, 2.45) is 23.2 Å². The zero-order chi connectivity index (χ0) is 14.8. The van der Waals surface area contributed by atoms with Crippen LogP contribution < -0.4 is 5.32 Å². The van der Waals surface area contributed by atoms with Crippen molar-refractivity contribution in [3.63, 3.8) is 0 Å². The molecule has 0 spiro atoms. The Balaban J connectivity index is 1.85. The quantitative estimate of drug-likeness (QED) is 0.667. The summed E-state index contributed by atoms with van der Waals surface area (Å²) in [6, 6.07) is -0.341. The van der Waals surface area contributed by atoms with E-state index in [1.165, 1.54) is 32.1 Å². The molecule has 2 aliphatic rings. The van der Waals surface area contributed by atoms with Crippen LogP contribution in [0.4, 0.5) is 0 Å². The predicted molar refractivity (Wildman–Crippen MR) is 81.7 cm³/mol. The third-order valence-electron chi connectivity index (χ3n) is 6.00. The Labute approximate surface area is 123 Å². The lowest BCUT2D eigenvalue weighted by molar-refractivity contribution is -0.140. The molecule has 0 heterocycles. The van der Waals surface area contributed by atoms with Gasteiger partial charge in [0.25, 0.3) is 0 Å². The predicted octanol–water partition coefficient (Wildman–Crippen LogP) is 3.68. The van der Waals surface area contributed by atoms with E-state index in [-0.39, 0.29) is 6.04 Å². The minimum absolute atomic E-state index is 0.341. The van der Waals surface area contributed by atoms with E-state index < -0.39 is 5.97 Å². The minimum Gasteiger partial charge on any atom is -0.480 e. The van der Waals surface area contributed by atoms with Crippen LogP contribution in [0.15, 0.2) is 0 Å². The fourth-order valence-electron chi connectivity index (χ4n) is 4.71. The summed E-state index contributed by atoms with van der Waals surface area (Å²) in [6.07, 6.45) is 8.19. The Morgan fingerprint density at radius 1 is 1.35 bits per heavy atom. The van der Waals surface area contributed by atoms with Crippen LogP contribution in [0, 0.1) is 23.2 Å². The van der Waals surface area contributed by atoms with E-state index in [0.717, 1.165) is 31.2 Å². The number of aliphatic carboxylic acids is 1. The van der Waals surface area contributed by atoms with Crippen molar-refractivity contribution in [3.05, 3.63) is 0 Å². The number of rotatable bonds is 8. The van der Waals surface area contributed by atoms with Gasteiger partial charge in [-0.05, 0) is 61.8 Å². The summed E-state index contributed by atoms with van der Waals surface area (Å²) >= 11 is 0. The van der Waals surface area contributed by atoms with Gasteiger partial charge in [-0.2, -0.15) is 0 Å². The maximum atomic E-state index is 11.5. The van der Waals surface area contributed by atoms with Gasteiger partial charge in [0.15, 0.2) is 0 Å². The number of unbranched alkanes of at least 4 members (excludes halogenated alkanes) is 2. The van der Waals surface area contributed by atoms with Crippen molar-refractivity contribution in [1.82, 2.24) is 5.32 Å². The van der Waals surface area contributed by atoms with Gasteiger partial charge in [-0.1, -0.05) is 33.6 Å². The van der Waals surface area contributed by atoms with Gasteiger partial charge in [0.2, 0.25) is 0 Å². The molecule has 2 rings (SSSR count). The topological polar surface area (TPSA) is 49.3 Å². The first-order valence-electron chi connectivity index (χ1n) is 8.43. The third-order valence-corrected chi connectivity index (χ3v) is 6.00. The number of carboxylic acid groups (broad SMARTS) is 1. The molecule has 2 aliphatic carbocycles. The molecule has 3 unspecified atom stereocenters. The number of carbonyl (C=O) groups is 1. The smallest absolute Gasteiger partial charge is 0.320 e. The fraction of sp³-hybridized carbons (Fsp3) is 0.941. The Hall–Kier alpha value is -0.570. The average molecular weight is 281 g/mol. The van der Waals surface area contributed by atoms with E-state index in [2.05, 4.69) is 26.1 Å². The molecule has 3 nitrogen and oxygen atoms in total. The van der Waals surface area contributed by atoms with Crippen molar-refractivity contribution >= 4 is 5.97 Å². The highest BCUT2D eigenvalue weighted by Crippen LogP contribution is 2.61. The first-order chi connectivity index (χ1) is 9.46. The molecule has 116 valence electrons. The van der Waals surface area contributed by atoms with Crippen LogP contribution in [-0.4, -0.2) is 23.7 Å². The van der Waals surface area contributed by atoms with Crippen molar-refractivity contribution in [2.45, 2.75) is 71.8 Å². The van der Waals surface area contributed by atoms with Gasteiger partial charge in [0.05, 0.1) is 0 Å². The van der Waals surface area contributed by atoms with Gasteiger partial charge in [0, 0.05) is 0 Å². The molecule has 0 amide bonds. The lowest BCUT2D eigenvalue weighted by Crippen LogP contribution is -2.39. The molecule has 2 N–H and O–H groups in total. The van der Waals surface area contributed by atoms with Gasteiger partial charge < -0.3 is 10.4 Å². The standard InChI is InChI=1S/C17H31NO2/c1-4-5-6-9-18-15(16(19)20)11-12-10-13-7-8-14(12)17(13,2)3/h12-15,18H,4-11H2,1-3H3,(H,19,20)/t12-,13?,14?,15?/m1/s1. The number of carboxylic acids is 1. The molecule has 0 radical (unpaired) electrons. The van der Waals surface area contributed by atoms with Crippen molar-refractivity contribution in [1.29, 1.82) is 0 Å². The molecule has 2 fully saturated rings. The van der Waals surface area contributed by atoms with Crippen molar-refractivity contribution in [2.75, 3.05) is 6.54 Å². The molecule has 2 bridgehead atoms. The van der Waals surface area contributed by atoms with E-state index in [0.29, 0.717) is 11.3 Å². The highest BCUT2D eigenvalue weighted by molar-refractivity contribution is 5.73. The second-order valence-corrected chi connectivity index (χ2v) is 7.49. The maximum Gasteiger partial charge on any atom is 0.320 e. The summed E-state index contributed by atoms with van der Waals surface area (Å²) < 4.78 is 0. The summed E-state index contributed by atoms with van der Waals surface area (Å²) in [5, 5.41) is 12.7. The van der Waals surface area contributed by atoms with Gasteiger partial charge >= 0.3 is 5.97 Å². The number of fused-ring (bicyclic) bond motifs is 2. The number of nitrogens with one attached hydrogen (secondary N) is 1. The third kappa shape index (κ3) is 3.19. The lowest BCUT2D eigenvalue weighted by atomic mass is 9.78. The van der Waals surface area contributed by atoms with Crippen LogP contribution in [0.1, 0.15) is 65.7 Å². The monoisotopic (exact) mass is 281 g/mol. The second kappa shape index (κ2) is 6.46. The van der Waals surface area contributed by atoms with Crippen LogP contribution >= 0.6 is 0 Å². The van der Waals surface area contributed by atoms with E-state index in [4.69, 9.17) is 0 Å². The minimum atomic E-state index is -0.665. The van der Waals surface area contributed by atoms with Crippen LogP contribution in [0.5, 0.6) is 0 Å². The van der Waals surface area contributed by atoms with Gasteiger partial charge in [0.1, 0.15) is 6.04 Å². The number of hydrogen-bond acceptors (Lipinski definition) is 2. The Morgan fingerprint density at radius 3 is 2.60 bits per heavy atom. The molecule has 2 saturated carbocycles. The van der Waals surface area contributed by atoms with Crippen LogP contribution in [0.25, 0.3) is 0 Å². The molecule has 0 aromatic carbocycles. The summed E-state index contributed by atoms with van der Waals surface area (Å²) in [5.74, 6) is 1.52. The van der Waals surface area contributed by atoms with Crippen molar-refractivity contribution in [3.8, 4) is 0 Å². The first kappa shape index (κ1) is 15.8. The molecular formula is C17H31NO2. The highest BCUT2D eigenvalue weighted by atomic mass is 16.4. The number of hydrogen-bond donors (Lipinski definition) is 2. The van der Waals surface area contributed by atoms with E-state index in [1.807, 2.05) is 0 Å². The van der Waals surface area contributed by atoms with Gasteiger partial charge in [-0.15, -0.1) is 0 Å². The molecule has 0 aromatic rings. The fourth-order valence-corrected chi connectivity index (χ4v) is 4.71. The molecule has 0 aliphatic heterocycles. The largest absolute Gasteiger partial charge is 0.480 e. The summed E-state index contributed by atoms with van der Waals surface area (Å²) in [6.45, 7) is 7.79. The van der Waals surface area contributed by atoms with Gasteiger partial charge in [-0.3, -0.25) is 4.79 Å². The zero-order valence-corrected chi connectivity index (χ0v) is 13.3. The van der Waals surface area contributed by atoms with Gasteiger partial charge in [-0.25, -0.2) is 0 Å². The second-order valence-electron chi connectivity index (χ2n) is 7.49. The average Bonchev–Trinajstić information content (AvgIpc) is 2.81.